The van der Waals surface area contributed by atoms with E-state index in [0.717, 1.165) is 18.4 Å². The monoisotopic (exact) mass is 263 g/mol. The lowest BCUT2D eigenvalue weighted by Crippen LogP contribution is -2.34. The second kappa shape index (κ2) is 7.56. The van der Waals surface area contributed by atoms with Crippen molar-refractivity contribution in [1.82, 2.24) is 5.32 Å². The van der Waals surface area contributed by atoms with Crippen LogP contribution in [-0.2, 0) is 22.6 Å². The van der Waals surface area contributed by atoms with Gasteiger partial charge in [0.15, 0.2) is 0 Å². The number of carboxylic acid groups (broad SMARTS) is 1. The van der Waals surface area contributed by atoms with Gasteiger partial charge in [-0.05, 0) is 24.0 Å². The SMILES string of the molecule is CCCc1ccc(CNC(=O)C(CC)C(=O)O)cc1. The third-order valence-corrected chi connectivity index (χ3v) is 3.05. The van der Waals surface area contributed by atoms with Crippen molar-refractivity contribution < 1.29 is 14.7 Å². The van der Waals surface area contributed by atoms with Crippen LogP contribution in [0.15, 0.2) is 24.3 Å². The third kappa shape index (κ3) is 4.73. The highest BCUT2D eigenvalue weighted by molar-refractivity contribution is 5.96. The standard InChI is InChI=1S/C15H21NO3/c1-3-5-11-6-8-12(9-7-11)10-16-14(17)13(4-2)15(18)19/h6-9,13H,3-5,10H2,1-2H3,(H,16,17)(H,18,19). The fourth-order valence-corrected chi connectivity index (χ4v) is 1.90. The summed E-state index contributed by atoms with van der Waals surface area (Å²) in [6.07, 6.45) is 2.45. The maximum atomic E-state index is 11.7. The predicted molar refractivity (Wildman–Crippen MR) is 73.7 cm³/mol. The van der Waals surface area contributed by atoms with E-state index < -0.39 is 17.8 Å². The molecule has 0 saturated heterocycles. The van der Waals surface area contributed by atoms with Crippen LogP contribution in [0.25, 0.3) is 0 Å². The van der Waals surface area contributed by atoms with Crippen molar-refractivity contribution in [3.8, 4) is 0 Å². The minimum atomic E-state index is -1.07. The average Bonchev–Trinajstić information content (AvgIpc) is 2.38. The first kappa shape index (κ1) is 15.2. The predicted octanol–water partition coefficient (Wildman–Crippen LogP) is 2.37. The van der Waals surface area contributed by atoms with Crippen LogP contribution in [0.3, 0.4) is 0 Å². The number of rotatable bonds is 7. The highest BCUT2D eigenvalue weighted by Crippen LogP contribution is 2.08. The smallest absolute Gasteiger partial charge is 0.316 e. The molecule has 4 nitrogen and oxygen atoms in total. The lowest BCUT2D eigenvalue weighted by Gasteiger charge is -2.11. The van der Waals surface area contributed by atoms with Crippen LogP contribution in [0.1, 0.15) is 37.8 Å². The first-order valence-electron chi connectivity index (χ1n) is 6.66. The molecule has 0 saturated carbocycles. The molecule has 1 aromatic carbocycles. The largest absolute Gasteiger partial charge is 0.481 e. The molecule has 1 atom stereocenters. The van der Waals surface area contributed by atoms with Crippen LogP contribution in [0.2, 0.25) is 0 Å². The fraction of sp³-hybridized carbons (Fsp3) is 0.467. The summed E-state index contributed by atoms with van der Waals surface area (Å²) in [5, 5.41) is 11.5. The summed E-state index contributed by atoms with van der Waals surface area (Å²) < 4.78 is 0. The van der Waals surface area contributed by atoms with E-state index in [9.17, 15) is 9.59 Å². The zero-order chi connectivity index (χ0) is 14.3. The Morgan fingerprint density at radius 2 is 1.74 bits per heavy atom. The van der Waals surface area contributed by atoms with E-state index in [1.165, 1.54) is 5.56 Å². The van der Waals surface area contributed by atoms with Crippen molar-refractivity contribution >= 4 is 11.9 Å². The lowest BCUT2D eigenvalue weighted by atomic mass is 10.1. The Labute approximate surface area is 113 Å². The highest BCUT2D eigenvalue weighted by atomic mass is 16.4. The van der Waals surface area contributed by atoms with Crippen LogP contribution in [0.4, 0.5) is 0 Å². The van der Waals surface area contributed by atoms with Gasteiger partial charge in [-0.25, -0.2) is 0 Å². The summed E-state index contributed by atoms with van der Waals surface area (Å²) in [4.78, 5) is 22.5. The van der Waals surface area contributed by atoms with Crippen LogP contribution >= 0.6 is 0 Å². The zero-order valence-corrected chi connectivity index (χ0v) is 11.5. The van der Waals surface area contributed by atoms with Gasteiger partial charge in [-0.1, -0.05) is 44.5 Å². The molecule has 1 rings (SSSR count). The molecule has 0 bridgehead atoms. The van der Waals surface area contributed by atoms with E-state index in [4.69, 9.17) is 5.11 Å². The molecular weight excluding hydrogens is 242 g/mol. The molecule has 0 fully saturated rings. The third-order valence-electron chi connectivity index (χ3n) is 3.05. The van der Waals surface area contributed by atoms with Gasteiger partial charge < -0.3 is 10.4 Å². The number of amides is 1. The Bertz CT molecular complexity index is 426. The minimum absolute atomic E-state index is 0.302. The number of carbonyl (C=O) groups excluding carboxylic acids is 1. The van der Waals surface area contributed by atoms with Crippen molar-refractivity contribution in [3.63, 3.8) is 0 Å². The first-order chi connectivity index (χ1) is 9.08. The number of nitrogens with one attached hydrogen (secondary N) is 1. The van der Waals surface area contributed by atoms with Crippen molar-refractivity contribution in [2.24, 2.45) is 5.92 Å². The van der Waals surface area contributed by atoms with Crippen molar-refractivity contribution in [1.29, 1.82) is 0 Å². The van der Waals surface area contributed by atoms with Gasteiger partial charge in [-0.15, -0.1) is 0 Å². The molecule has 19 heavy (non-hydrogen) atoms. The van der Waals surface area contributed by atoms with E-state index >= 15 is 0 Å². The number of carbonyl (C=O) groups is 2. The Kier molecular flexibility index (Phi) is 6.06. The van der Waals surface area contributed by atoms with Gasteiger partial charge >= 0.3 is 5.97 Å². The Balaban J connectivity index is 2.52. The topological polar surface area (TPSA) is 66.4 Å². The van der Waals surface area contributed by atoms with Gasteiger partial charge in [0.25, 0.3) is 0 Å². The molecule has 1 unspecified atom stereocenters. The number of aliphatic carboxylic acids is 1. The number of hydrogen-bond acceptors (Lipinski definition) is 2. The van der Waals surface area contributed by atoms with Crippen LogP contribution in [0, 0.1) is 5.92 Å². The number of aryl methyl sites for hydroxylation is 1. The molecule has 0 aliphatic carbocycles. The van der Waals surface area contributed by atoms with Crippen LogP contribution < -0.4 is 5.32 Å². The second-order valence-corrected chi connectivity index (χ2v) is 4.58. The zero-order valence-electron chi connectivity index (χ0n) is 11.5. The summed E-state index contributed by atoms with van der Waals surface area (Å²) >= 11 is 0. The molecule has 2 N–H and O–H groups in total. The molecule has 0 heterocycles. The average molecular weight is 263 g/mol. The number of hydrogen-bond donors (Lipinski definition) is 2. The summed E-state index contributed by atoms with van der Waals surface area (Å²) in [7, 11) is 0. The summed E-state index contributed by atoms with van der Waals surface area (Å²) in [6.45, 7) is 4.19. The van der Waals surface area contributed by atoms with Gasteiger partial charge in [0.2, 0.25) is 5.91 Å². The first-order valence-corrected chi connectivity index (χ1v) is 6.66. The van der Waals surface area contributed by atoms with E-state index in [0.29, 0.717) is 13.0 Å². The quantitative estimate of drug-likeness (QED) is 0.742. The Morgan fingerprint density at radius 1 is 1.16 bits per heavy atom. The number of carboxylic acids is 1. The molecule has 1 aromatic rings. The molecule has 104 valence electrons. The minimum Gasteiger partial charge on any atom is -0.481 e. The van der Waals surface area contributed by atoms with Crippen molar-refractivity contribution in [2.45, 2.75) is 39.7 Å². The lowest BCUT2D eigenvalue weighted by molar-refractivity contribution is -0.147. The normalized spacial score (nSPS) is 11.9. The summed E-state index contributed by atoms with van der Waals surface area (Å²) in [5.41, 5.74) is 2.25. The molecule has 0 aliphatic rings. The Morgan fingerprint density at radius 3 is 2.21 bits per heavy atom. The van der Waals surface area contributed by atoms with Gasteiger partial charge in [-0.3, -0.25) is 9.59 Å². The summed E-state index contributed by atoms with van der Waals surface area (Å²) in [6, 6.07) is 8.01. The Hall–Kier alpha value is -1.84. The molecule has 0 radical (unpaired) electrons. The van der Waals surface area contributed by atoms with E-state index in [-0.39, 0.29) is 0 Å². The molecule has 4 heteroatoms. The maximum absolute atomic E-state index is 11.7. The fourth-order valence-electron chi connectivity index (χ4n) is 1.90. The van der Waals surface area contributed by atoms with E-state index in [1.54, 1.807) is 6.92 Å². The molecule has 0 spiro atoms. The van der Waals surface area contributed by atoms with Crippen molar-refractivity contribution in [2.75, 3.05) is 0 Å². The number of benzene rings is 1. The van der Waals surface area contributed by atoms with E-state index in [1.807, 2.05) is 24.3 Å². The van der Waals surface area contributed by atoms with E-state index in [2.05, 4.69) is 12.2 Å². The van der Waals surface area contributed by atoms with Crippen molar-refractivity contribution in [3.05, 3.63) is 35.4 Å². The maximum Gasteiger partial charge on any atom is 0.316 e. The van der Waals surface area contributed by atoms with Gasteiger partial charge in [0.1, 0.15) is 5.92 Å². The van der Waals surface area contributed by atoms with Gasteiger partial charge in [0.05, 0.1) is 0 Å². The van der Waals surface area contributed by atoms with Gasteiger partial charge in [-0.2, -0.15) is 0 Å². The van der Waals surface area contributed by atoms with Gasteiger partial charge in [0, 0.05) is 6.54 Å². The molecule has 0 aromatic heterocycles. The highest BCUT2D eigenvalue weighted by Gasteiger charge is 2.23. The second-order valence-electron chi connectivity index (χ2n) is 4.58. The van der Waals surface area contributed by atoms with Crippen LogP contribution in [-0.4, -0.2) is 17.0 Å². The summed E-state index contributed by atoms with van der Waals surface area (Å²) in [5.74, 6) is -2.45. The molecule has 1 amide bonds. The molecule has 0 aliphatic heterocycles. The van der Waals surface area contributed by atoms with Crippen LogP contribution in [0.5, 0.6) is 0 Å². The molecular formula is C15H21NO3.